The first kappa shape index (κ1) is 20.1. The van der Waals surface area contributed by atoms with Crippen molar-refractivity contribution < 1.29 is 9.59 Å². The van der Waals surface area contributed by atoms with Crippen LogP contribution in [0.15, 0.2) is 24.8 Å². The molecule has 0 unspecified atom stereocenters. The zero-order chi connectivity index (χ0) is 20.4. The van der Waals surface area contributed by atoms with E-state index in [2.05, 4.69) is 23.9 Å². The van der Waals surface area contributed by atoms with E-state index in [4.69, 9.17) is 0 Å². The molecule has 0 spiro atoms. The molecule has 1 saturated heterocycles. The highest BCUT2D eigenvalue weighted by atomic mass is 16.2. The SMILES string of the molecule is CCN1C(=O)C[C@H](C(=O)N(Cc2cnn(C)c2)CC(C)C)[C@H]1c1nccn1C. The highest BCUT2D eigenvalue weighted by molar-refractivity contribution is 5.90. The summed E-state index contributed by atoms with van der Waals surface area (Å²) in [6, 6.07) is -0.325. The second-order valence-corrected chi connectivity index (χ2v) is 7.97. The number of nitrogens with zero attached hydrogens (tertiary/aromatic N) is 6. The van der Waals surface area contributed by atoms with Crippen LogP contribution in [0.1, 0.15) is 44.6 Å². The fourth-order valence-electron chi connectivity index (χ4n) is 4.05. The third-order valence-corrected chi connectivity index (χ3v) is 5.24. The third kappa shape index (κ3) is 3.95. The van der Waals surface area contributed by atoms with Gasteiger partial charge in [0, 0.05) is 64.3 Å². The summed E-state index contributed by atoms with van der Waals surface area (Å²) in [7, 11) is 3.77. The van der Waals surface area contributed by atoms with E-state index >= 15 is 0 Å². The van der Waals surface area contributed by atoms with Crippen LogP contribution in [-0.2, 0) is 30.2 Å². The second-order valence-electron chi connectivity index (χ2n) is 7.97. The van der Waals surface area contributed by atoms with Gasteiger partial charge < -0.3 is 14.4 Å². The molecule has 2 aromatic rings. The Kier molecular flexibility index (Phi) is 5.86. The topological polar surface area (TPSA) is 76.3 Å². The van der Waals surface area contributed by atoms with Crippen molar-refractivity contribution in [2.24, 2.45) is 25.9 Å². The Labute approximate surface area is 166 Å². The number of hydrogen-bond donors (Lipinski definition) is 0. The lowest BCUT2D eigenvalue weighted by molar-refractivity contribution is -0.137. The van der Waals surface area contributed by atoms with Crippen molar-refractivity contribution in [2.75, 3.05) is 13.1 Å². The molecule has 1 aliphatic rings. The summed E-state index contributed by atoms with van der Waals surface area (Å²) in [5.74, 6) is 0.682. The monoisotopic (exact) mass is 386 g/mol. The molecule has 0 radical (unpaired) electrons. The molecule has 3 rings (SSSR count). The molecule has 2 atom stereocenters. The molecular weight excluding hydrogens is 356 g/mol. The van der Waals surface area contributed by atoms with E-state index < -0.39 is 5.92 Å². The standard InChI is InChI=1S/C20H30N6O2/c1-6-26-17(27)9-16(18(26)19-21-7-8-23(19)4)20(28)25(11-14(2)3)13-15-10-22-24(5)12-15/h7-8,10,12,14,16,18H,6,9,11,13H2,1-5H3/t16-,18-/m0/s1. The van der Waals surface area contributed by atoms with Crippen LogP contribution < -0.4 is 0 Å². The number of likely N-dealkylation sites (tertiary alicyclic amines) is 1. The maximum absolute atomic E-state index is 13.6. The predicted octanol–water partition coefficient (Wildman–Crippen LogP) is 1.75. The first-order valence-corrected chi connectivity index (χ1v) is 9.84. The first-order chi connectivity index (χ1) is 13.3. The summed E-state index contributed by atoms with van der Waals surface area (Å²) in [6.45, 7) is 7.83. The maximum Gasteiger partial charge on any atom is 0.229 e. The molecule has 0 saturated carbocycles. The normalized spacial score (nSPS) is 19.6. The number of carbonyl (C=O) groups excluding carboxylic acids is 2. The number of imidazole rings is 1. The van der Waals surface area contributed by atoms with E-state index in [0.717, 1.165) is 11.4 Å². The van der Waals surface area contributed by atoms with Crippen LogP contribution >= 0.6 is 0 Å². The number of hydrogen-bond acceptors (Lipinski definition) is 4. The first-order valence-electron chi connectivity index (χ1n) is 9.84. The van der Waals surface area contributed by atoms with Gasteiger partial charge in [-0.05, 0) is 12.8 Å². The predicted molar refractivity (Wildman–Crippen MR) is 105 cm³/mol. The Morgan fingerprint density at radius 2 is 2.11 bits per heavy atom. The van der Waals surface area contributed by atoms with Gasteiger partial charge in [0.25, 0.3) is 0 Å². The summed E-state index contributed by atoms with van der Waals surface area (Å²) >= 11 is 0. The summed E-state index contributed by atoms with van der Waals surface area (Å²) < 4.78 is 3.64. The van der Waals surface area contributed by atoms with Gasteiger partial charge in [-0.25, -0.2) is 4.98 Å². The molecule has 28 heavy (non-hydrogen) atoms. The van der Waals surface area contributed by atoms with E-state index in [-0.39, 0.29) is 24.3 Å². The van der Waals surface area contributed by atoms with Crippen molar-refractivity contribution in [1.29, 1.82) is 0 Å². The fraction of sp³-hybridized carbons (Fsp3) is 0.600. The van der Waals surface area contributed by atoms with E-state index in [9.17, 15) is 9.59 Å². The van der Waals surface area contributed by atoms with Crippen molar-refractivity contribution >= 4 is 11.8 Å². The van der Waals surface area contributed by atoms with E-state index in [1.807, 2.05) is 42.9 Å². The Hall–Kier alpha value is -2.64. The van der Waals surface area contributed by atoms with Gasteiger partial charge in [0.15, 0.2) is 0 Å². The minimum Gasteiger partial charge on any atom is -0.338 e. The summed E-state index contributed by atoms with van der Waals surface area (Å²) in [5, 5.41) is 4.21. The van der Waals surface area contributed by atoms with Crippen molar-refractivity contribution in [1.82, 2.24) is 29.1 Å². The fourth-order valence-corrected chi connectivity index (χ4v) is 4.05. The Morgan fingerprint density at radius 3 is 2.64 bits per heavy atom. The quantitative estimate of drug-likeness (QED) is 0.726. The molecule has 2 amide bonds. The number of rotatable bonds is 7. The van der Waals surface area contributed by atoms with Crippen LogP contribution in [0.3, 0.4) is 0 Å². The molecule has 0 aliphatic carbocycles. The molecule has 3 heterocycles. The van der Waals surface area contributed by atoms with Crippen LogP contribution in [0.2, 0.25) is 0 Å². The smallest absolute Gasteiger partial charge is 0.229 e. The third-order valence-electron chi connectivity index (χ3n) is 5.24. The summed E-state index contributed by atoms with van der Waals surface area (Å²) in [5.41, 5.74) is 0.988. The molecule has 0 N–H and O–H groups in total. The average Bonchev–Trinajstić information content (AvgIpc) is 3.32. The Bertz CT molecular complexity index is 839. The Balaban J connectivity index is 1.91. The molecule has 1 fully saturated rings. The van der Waals surface area contributed by atoms with E-state index in [1.54, 1.807) is 22.0 Å². The highest BCUT2D eigenvalue weighted by Crippen LogP contribution is 2.38. The lowest BCUT2D eigenvalue weighted by Gasteiger charge is -2.31. The van der Waals surface area contributed by atoms with Gasteiger partial charge in [0.05, 0.1) is 12.1 Å². The molecule has 0 aromatic carbocycles. The van der Waals surface area contributed by atoms with Crippen LogP contribution in [0.5, 0.6) is 0 Å². The van der Waals surface area contributed by atoms with Gasteiger partial charge in [-0.3, -0.25) is 14.3 Å². The van der Waals surface area contributed by atoms with E-state index in [0.29, 0.717) is 25.6 Å². The lowest BCUT2D eigenvalue weighted by atomic mass is 9.96. The molecule has 152 valence electrons. The lowest BCUT2D eigenvalue weighted by Crippen LogP contribution is -2.41. The second kappa shape index (κ2) is 8.16. The molecule has 8 heteroatoms. The number of carbonyl (C=O) groups is 2. The van der Waals surface area contributed by atoms with Crippen molar-refractivity contribution in [3.63, 3.8) is 0 Å². The van der Waals surface area contributed by atoms with Gasteiger partial charge in [-0.15, -0.1) is 0 Å². The van der Waals surface area contributed by atoms with Crippen LogP contribution in [0.4, 0.5) is 0 Å². The summed E-state index contributed by atoms with van der Waals surface area (Å²) in [4.78, 5) is 34.4. The van der Waals surface area contributed by atoms with Crippen LogP contribution in [-0.4, -0.2) is 54.0 Å². The average molecular weight is 387 g/mol. The van der Waals surface area contributed by atoms with Crippen molar-refractivity contribution in [3.05, 3.63) is 36.2 Å². The van der Waals surface area contributed by atoms with Crippen molar-refractivity contribution in [3.8, 4) is 0 Å². The summed E-state index contributed by atoms with van der Waals surface area (Å²) in [6.07, 6.45) is 7.51. The van der Waals surface area contributed by atoms with E-state index in [1.165, 1.54) is 0 Å². The minimum absolute atomic E-state index is 0.00912. The molecule has 0 bridgehead atoms. The van der Waals surface area contributed by atoms with Crippen LogP contribution in [0, 0.1) is 11.8 Å². The number of amides is 2. The molecular formula is C20H30N6O2. The van der Waals surface area contributed by atoms with Gasteiger partial charge in [0.2, 0.25) is 11.8 Å². The maximum atomic E-state index is 13.6. The Morgan fingerprint density at radius 1 is 1.36 bits per heavy atom. The van der Waals surface area contributed by atoms with Gasteiger partial charge in [-0.2, -0.15) is 5.10 Å². The van der Waals surface area contributed by atoms with Gasteiger partial charge in [-0.1, -0.05) is 13.8 Å². The largest absolute Gasteiger partial charge is 0.338 e. The molecule has 1 aliphatic heterocycles. The van der Waals surface area contributed by atoms with Gasteiger partial charge >= 0.3 is 0 Å². The van der Waals surface area contributed by atoms with Crippen LogP contribution in [0.25, 0.3) is 0 Å². The minimum atomic E-state index is -0.427. The highest BCUT2D eigenvalue weighted by Gasteiger charge is 2.47. The number of aromatic nitrogens is 4. The van der Waals surface area contributed by atoms with Crippen molar-refractivity contribution in [2.45, 2.75) is 39.8 Å². The van der Waals surface area contributed by atoms with Gasteiger partial charge in [0.1, 0.15) is 11.9 Å². The number of aryl methyl sites for hydroxylation is 2. The zero-order valence-corrected chi connectivity index (χ0v) is 17.4. The zero-order valence-electron chi connectivity index (χ0n) is 17.4. The molecule has 8 nitrogen and oxygen atoms in total. The molecule has 2 aromatic heterocycles.